The van der Waals surface area contributed by atoms with Crippen molar-refractivity contribution in [3.63, 3.8) is 0 Å². The maximum atomic E-state index is 2.40. The standard InChI is InChI=1S/C49H30/c1-2-13-32(14-3-1)46-38-17-4-6-19-40(38)47(41-20-7-5-18-39(41)46)33-27-25-31(26-28-33)34-29-30-45-48-37(34)21-12-24-44(48)49(45)42-22-10-8-15-35(42)36-16-9-11-23-43(36)49/h1-30H. The van der Waals surface area contributed by atoms with Crippen LogP contribution in [0.4, 0.5) is 0 Å². The van der Waals surface area contributed by atoms with Crippen molar-refractivity contribution in [2.75, 3.05) is 0 Å². The molecule has 0 saturated carbocycles. The third-order valence-electron chi connectivity index (χ3n) is 11.3. The van der Waals surface area contributed by atoms with Crippen LogP contribution in [0.1, 0.15) is 22.3 Å². The van der Waals surface area contributed by atoms with Crippen LogP contribution in [0.15, 0.2) is 182 Å². The summed E-state index contributed by atoms with van der Waals surface area (Å²) >= 11 is 0. The molecule has 0 saturated heterocycles. The van der Waals surface area contributed by atoms with Gasteiger partial charge in [0.1, 0.15) is 0 Å². The molecule has 0 N–H and O–H groups in total. The first-order valence-electron chi connectivity index (χ1n) is 17.2. The molecule has 0 heterocycles. The van der Waals surface area contributed by atoms with Crippen LogP contribution in [-0.4, -0.2) is 0 Å². The summed E-state index contributed by atoms with van der Waals surface area (Å²) in [5, 5.41) is 7.87. The third kappa shape index (κ3) is 3.43. The van der Waals surface area contributed by atoms with Gasteiger partial charge in [0.15, 0.2) is 0 Å². The van der Waals surface area contributed by atoms with Gasteiger partial charge in [-0.05, 0) is 99.1 Å². The van der Waals surface area contributed by atoms with E-state index in [2.05, 4.69) is 182 Å². The SMILES string of the molecule is c1ccc(-c2c3ccccc3c(-c3ccc(-c4ccc5c6c(cccc46)C54c5ccccc5-c5ccccc54)cc3)c3ccccc23)cc1. The van der Waals surface area contributed by atoms with Crippen molar-refractivity contribution >= 4 is 32.3 Å². The number of rotatable bonds is 3. The van der Waals surface area contributed by atoms with Crippen molar-refractivity contribution in [1.82, 2.24) is 0 Å². The van der Waals surface area contributed by atoms with Gasteiger partial charge in [0, 0.05) is 0 Å². The van der Waals surface area contributed by atoms with Gasteiger partial charge in [-0.1, -0.05) is 182 Å². The van der Waals surface area contributed by atoms with Crippen LogP contribution in [0, 0.1) is 0 Å². The highest BCUT2D eigenvalue weighted by molar-refractivity contribution is 6.21. The van der Waals surface area contributed by atoms with Gasteiger partial charge in [-0.2, -0.15) is 0 Å². The molecule has 2 aliphatic rings. The maximum Gasteiger partial charge on any atom is 0.0725 e. The Morgan fingerprint density at radius 2 is 0.673 bits per heavy atom. The monoisotopic (exact) mass is 618 g/mol. The Labute approximate surface area is 285 Å². The van der Waals surface area contributed by atoms with Crippen molar-refractivity contribution in [3.8, 4) is 44.5 Å². The van der Waals surface area contributed by atoms with E-state index in [1.54, 1.807) is 0 Å². The van der Waals surface area contributed by atoms with Crippen molar-refractivity contribution in [3.05, 3.63) is 204 Å². The molecular weight excluding hydrogens is 589 g/mol. The first-order chi connectivity index (χ1) is 24.3. The summed E-state index contributed by atoms with van der Waals surface area (Å²) in [5.41, 5.74) is 15.8. The Balaban J connectivity index is 1.07. The van der Waals surface area contributed by atoms with E-state index >= 15 is 0 Å². The van der Waals surface area contributed by atoms with Gasteiger partial charge in [-0.15, -0.1) is 0 Å². The van der Waals surface area contributed by atoms with E-state index in [1.807, 2.05) is 0 Å². The zero-order valence-corrected chi connectivity index (χ0v) is 26.8. The van der Waals surface area contributed by atoms with Gasteiger partial charge in [0.25, 0.3) is 0 Å². The van der Waals surface area contributed by atoms with Crippen LogP contribution in [0.25, 0.3) is 76.8 Å². The Morgan fingerprint density at radius 1 is 0.245 bits per heavy atom. The van der Waals surface area contributed by atoms with Crippen LogP contribution in [-0.2, 0) is 5.41 Å². The predicted molar refractivity (Wildman–Crippen MR) is 206 cm³/mol. The molecule has 2 aliphatic carbocycles. The quantitative estimate of drug-likeness (QED) is 0.173. The Bertz CT molecular complexity index is 2690. The predicted octanol–water partition coefficient (Wildman–Crippen LogP) is 12.8. The van der Waals surface area contributed by atoms with Crippen molar-refractivity contribution < 1.29 is 0 Å². The van der Waals surface area contributed by atoms with E-state index in [0.717, 1.165) is 0 Å². The highest BCUT2D eigenvalue weighted by Crippen LogP contribution is 2.64. The lowest BCUT2D eigenvalue weighted by molar-refractivity contribution is 0.745. The average Bonchev–Trinajstić information content (AvgIpc) is 3.49. The second kappa shape index (κ2) is 9.89. The fraction of sp³-hybridized carbons (Fsp3) is 0.0204. The number of fused-ring (bicyclic) bond motifs is 9. The fourth-order valence-electron chi connectivity index (χ4n) is 9.35. The van der Waals surface area contributed by atoms with Crippen molar-refractivity contribution in [1.29, 1.82) is 0 Å². The molecule has 0 bridgehead atoms. The Kier molecular flexibility index (Phi) is 5.41. The van der Waals surface area contributed by atoms with Gasteiger partial charge < -0.3 is 0 Å². The molecule has 1 spiro atoms. The van der Waals surface area contributed by atoms with Crippen LogP contribution in [0.2, 0.25) is 0 Å². The highest BCUT2D eigenvalue weighted by Gasteiger charge is 2.53. The highest BCUT2D eigenvalue weighted by atomic mass is 14.5. The third-order valence-corrected chi connectivity index (χ3v) is 11.3. The normalized spacial score (nSPS) is 13.5. The van der Waals surface area contributed by atoms with Crippen LogP contribution in [0.5, 0.6) is 0 Å². The maximum absolute atomic E-state index is 2.40. The van der Waals surface area contributed by atoms with Crippen LogP contribution in [0.3, 0.4) is 0 Å². The smallest absolute Gasteiger partial charge is 0.0622 e. The van der Waals surface area contributed by atoms with E-state index in [-0.39, 0.29) is 5.41 Å². The first-order valence-corrected chi connectivity index (χ1v) is 17.2. The minimum absolute atomic E-state index is 0.196. The second-order valence-electron chi connectivity index (χ2n) is 13.5. The van der Waals surface area contributed by atoms with E-state index in [1.165, 1.54) is 99.1 Å². The molecule has 11 rings (SSSR count). The van der Waals surface area contributed by atoms with Gasteiger partial charge in [-0.3, -0.25) is 0 Å². The molecule has 0 aromatic heterocycles. The minimum atomic E-state index is -0.196. The minimum Gasteiger partial charge on any atom is -0.0622 e. The Hall–Kier alpha value is -6.24. The summed E-state index contributed by atoms with van der Waals surface area (Å²) in [6.45, 7) is 0. The van der Waals surface area contributed by atoms with E-state index in [0.29, 0.717) is 0 Å². The lowest BCUT2D eigenvalue weighted by Crippen LogP contribution is -2.36. The summed E-state index contributed by atoms with van der Waals surface area (Å²) in [6.07, 6.45) is 0. The average molecular weight is 619 g/mol. The largest absolute Gasteiger partial charge is 0.0725 e. The van der Waals surface area contributed by atoms with Crippen LogP contribution < -0.4 is 0 Å². The fourth-order valence-corrected chi connectivity index (χ4v) is 9.35. The summed E-state index contributed by atoms with van der Waals surface area (Å²) < 4.78 is 0. The molecule has 0 atom stereocenters. The molecule has 0 fully saturated rings. The van der Waals surface area contributed by atoms with Gasteiger partial charge in [0.05, 0.1) is 5.41 Å². The molecular formula is C49H30. The van der Waals surface area contributed by atoms with Crippen molar-refractivity contribution in [2.45, 2.75) is 5.41 Å². The zero-order chi connectivity index (χ0) is 32.1. The molecule has 0 heteroatoms. The lowest BCUT2D eigenvalue weighted by atomic mass is 9.57. The molecule has 0 radical (unpaired) electrons. The molecule has 0 aliphatic heterocycles. The Morgan fingerprint density at radius 3 is 1.27 bits per heavy atom. The molecule has 0 amide bonds. The molecule has 226 valence electrons. The first kappa shape index (κ1) is 26.8. The van der Waals surface area contributed by atoms with Gasteiger partial charge in [0.2, 0.25) is 0 Å². The summed E-state index contributed by atoms with van der Waals surface area (Å²) in [4.78, 5) is 0. The summed E-state index contributed by atoms with van der Waals surface area (Å²) in [7, 11) is 0. The molecule has 9 aromatic carbocycles. The van der Waals surface area contributed by atoms with E-state index in [9.17, 15) is 0 Å². The second-order valence-corrected chi connectivity index (χ2v) is 13.5. The molecule has 9 aromatic rings. The number of benzene rings is 9. The van der Waals surface area contributed by atoms with Gasteiger partial charge >= 0.3 is 0 Å². The summed E-state index contributed by atoms with van der Waals surface area (Å²) in [5.74, 6) is 0. The van der Waals surface area contributed by atoms with Crippen LogP contribution >= 0.6 is 0 Å². The van der Waals surface area contributed by atoms with Gasteiger partial charge in [-0.25, -0.2) is 0 Å². The summed E-state index contributed by atoms with van der Waals surface area (Å²) in [6, 6.07) is 67.6. The molecule has 49 heavy (non-hydrogen) atoms. The van der Waals surface area contributed by atoms with E-state index < -0.39 is 0 Å². The molecule has 0 nitrogen and oxygen atoms in total. The number of hydrogen-bond donors (Lipinski definition) is 0. The van der Waals surface area contributed by atoms with E-state index in [4.69, 9.17) is 0 Å². The topological polar surface area (TPSA) is 0 Å². The number of hydrogen-bond acceptors (Lipinski definition) is 0. The lowest BCUT2D eigenvalue weighted by Gasteiger charge is -2.43. The van der Waals surface area contributed by atoms with Crippen molar-refractivity contribution in [2.24, 2.45) is 0 Å². The zero-order valence-electron chi connectivity index (χ0n) is 26.8. The molecule has 0 unspecified atom stereocenters.